The first-order chi connectivity index (χ1) is 9.54. The van der Waals surface area contributed by atoms with E-state index in [1.807, 2.05) is 6.07 Å². The molecule has 20 heavy (non-hydrogen) atoms. The lowest BCUT2D eigenvalue weighted by atomic mass is 10.1. The van der Waals surface area contributed by atoms with E-state index < -0.39 is 18.7 Å². The molecule has 0 aliphatic rings. The number of carboxylic acid groups (broad SMARTS) is 1. The first-order valence-electron chi connectivity index (χ1n) is 6.08. The van der Waals surface area contributed by atoms with Crippen LogP contribution in [0.15, 0.2) is 18.2 Å². The van der Waals surface area contributed by atoms with Crippen LogP contribution in [0.3, 0.4) is 0 Å². The van der Waals surface area contributed by atoms with Crippen LogP contribution in [0, 0.1) is 3.57 Å². The molecule has 0 aliphatic carbocycles. The highest BCUT2D eigenvalue weighted by Crippen LogP contribution is 2.20. The molecule has 0 bridgehead atoms. The summed E-state index contributed by atoms with van der Waals surface area (Å²) in [6.45, 7) is 0.167. The summed E-state index contributed by atoms with van der Waals surface area (Å²) >= 11 is 2.12. The van der Waals surface area contributed by atoms with Crippen LogP contribution in [0.5, 0.6) is 5.75 Å². The van der Waals surface area contributed by atoms with Crippen molar-refractivity contribution in [3.8, 4) is 5.75 Å². The van der Waals surface area contributed by atoms with Gasteiger partial charge in [0.25, 0.3) is 0 Å². The van der Waals surface area contributed by atoms with Crippen LogP contribution in [0.1, 0.15) is 5.56 Å². The Hall–Kier alpha value is -0.930. The monoisotopic (exact) mass is 397 g/mol. The van der Waals surface area contributed by atoms with E-state index in [0.717, 1.165) is 9.13 Å². The van der Waals surface area contributed by atoms with Gasteiger partial charge in [0.2, 0.25) is 0 Å². The SMILES string of the molecule is NC(Cc1cc(OCCOCCF)ccc1I)C(=O)O. The number of aliphatic carboxylic acids is 1. The molecule has 0 saturated heterocycles. The van der Waals surface area contributed by atoms with Gasteiger partial charge in [-0.1, -0.05) is 0 Å². The van der Waals surface area contributed by atoms with Gasteiger partial charge in [-0.3, -0.25) is 4.79 Å². The molecule has 0 aliphatic heterocycles. The number of carbonyl (C=O) groups is 1. The molecule has 3 N–H and O–H groups in total. The van der Waals surface area contributed by atoms with Crippen LogP contribution in [0.4, 0.5) is 4.39 Å². The van der Waals surface area contributed by atoms with Gasteiger partial charge in [-0.15, -0.1) is 0 Å². The molecule has 0 fully saturated rings. The van der Waals surface area contributed by atoms with Crippen molar-refractivity contribution < 1.29 is 23.8 Å². The highest BCUT2D eigenvalue weighted by Gasteiger charge is 2.14. The second-order valence-electron chi connectivity index (χ2n) is 4.05. The Morgan fingerprint density at radius 2 is 2.15 bits per heavy atom. The summed E-state index contributed by atoms with van der Waals surface area (Å²) in [5, 5.41) is 8.82. The van der Waals surface area contributed by atoms with Crippen molar-refractivity contribution in [3.63, 3.8) is 0 Å². The summed E-state index contributed by atoms with van der Waals surface area (Å²) < 4.78 is 23.1. The van der Waals surface area contributed by atoms with Gasteiger partial charge in [-0.25, -0.2) is 4.39 Å². The molecule has 0 amide bonds. The second-order valence-corrected chi connectivity index (χ2v) is 5.21. The number of nitrogens with two attached hydrogens (primary N) is 1. The molecule has 0 spiro atoms. The molecule has 112 valence electrons. The zero-order chi connectivity index (χ0) is 15.0. The molecule has 1 aromatic rings. The van der Waals surface area contributed by atoms with Gasteiger partial charge in [0, 0.05) is 3.57 Å². The highest BCUT2D eigenvalue weighted by atomic mass is 127. The van der Waals surface area contributed by atoms with Crippen LogP contribution >= 0.6 is 22.6 Å². The molecular weight excluding hydrogens is 380 g/mol. The van der Waals surface area contributed by atoms with Crippen molar-refractivity contribution in [2.45, 2.75) is 12.5 Å². The number of hydrogen-bond donors (Lipinski definition) is 2. The van der Waals surface area contributed by atoms with Crippen molar-refractivity contribution in [1.82, 2.24) is 0 Å². The van der Waals surface area contributed by atoms with Gasteiger partial charge in [-0.2, -0.15) is 0 Å². The maximum atomic E-state index is 11.8. The molecule has 5 nitrogen and oxygen atoms in total. The van der Waals surface area contributed by atoms with Crippen LogP contribution in [-0.2, 0) is 16.0 Å². The Bertz CT molecular complexity index is 444. The lowest BCUT2D eigenvalue weighted by molar-refractivity contribution is -0.138. The molecule has 0 radical (unpaired) electrons. The number of alkyl halides is 1. The molecule has 0 aromatic heterocycles. The minimum Gasteiger partial charge on any atom is -0.491 e. The number of halogens is 2. The smallest absolute Gasteiger partial charge is 0.320 e. The zero-order valence-corrected chi connectivity index (χ0v) is 13.0. The highest BCUT2D eigenvalue weighted by molar-refractivity contribution is 14.1. The normalized spacial score (nSPS) is 12.2. The van der Waals surface area contributed by atoms with Gasteiger partial charge in [0.05, 0.1) is 13.2 Å². The predicted octanol–water partition coefficient (Wildman–Crippen LogP) is 1.61. The van der Waals surface area contributed by atoms with E-state index in [-0.39, 0.29) is 13.0 Å². The Morgan fingerprint density at radius 3 is 2.80 bits per heavy atom. The fourth-order valence-electron chi connectivity index (χ4n) is 1.50. The number of ether oxygens (including phenoxy) is 2. The Kier molecular flexibility index (Phi) is 7.78. The van der Waals surface area contributed by atoms with Gasteiger partial charge in [0.1, 0.15) is 25.1 Å². The third-order valence-corrected chi connectivity index (χ3v) is 3.54. The second kappa shape index (κ2) is 9.09. The molecule has 0 saturated carbocycles. The summed E-state index contributed by atoms with van der Waals surface area (Å²) in [5.41, 5.74) is 6.35. The summed E-state index contributed by atoms with van der Waals surface area (Å²) in [7, 11) is 0. The predicted molar refractivity (Wildman–Crippen MR) is 80.8 cm³/mol. The topological polar surface area (TPSA) is 81.8 Å². The zero-order valence-electron chi connectivity index (χ0n) is 10.9. The van der Waals surface area contributed by atoms with E-state index >= 15 is 0 Å². The summed E-state index contributed by atoms with van der Waals surface area (Å²) in [4.78, 5) is 10.8. The van der Waals surface area contributed by atoms with E-state index in [0.29, 0.717) is 19.0 Å². The minimum absolute atomic E-state index is 0.0642. The van der Waals surface area contributed by atoms with Gasteiger partial charge in [-0.05, 0) is 52.8 Å². The molecule has 1 rings (SSSR count). The van der Waals surface area contributed by atoms with Gasteiger partial charge >= 0.3 is 5.97 Å². The lowest BCUT2D eigenvalue weighted by Gasteiger charge is -2.12. The maximum Gasteiger partial charge on any atom is 0.320 e. The van der Waals surface area contributed by atoms with Crippen molar-refractivity contribution >= 4 is 28.6 Å². The Balaban J connectivity index is 2.55. The third kappa shape index (κ3) is 6.02. The van der Waals surface area contributed by atoms with E-state index in [4.69, 9.17) is 20.3 Å². The fourth-order valence-corrected chi connectivity index (χ4v) is 2.05. The molecule has 1 unspecified atom stereocenters. The number of carboxylic acids is 1. The largest absolute Gasteiger partial charge is 0.491 e. The van der Waals surface area contributed by atoms with E-state index in [9.17, 15) is 9.18 Å². The van der Waals surface area contributed by atoms with Crippen LogP contribution in [0.2, 0.25) is 0 Å². The quantitative estimate of drug-likeness (QED) is 0.489. The summed E-state index contributed by atoms with van der Waals surface area (Å²) in [6.07, 6.45) is 0.239. The number of hydrogen-bond acceptors (Lipinski definition) is 4. The molecular formula is C13H17FINO4. The summed E-state index contributed by atoms with van der Waals surface area (Å²) in [5.74, 6) is -0.423. The van der Waals surface area contributed by atoms with E-state index in [1.165, 1.54) is 0 Å². The Labute approximate surface area is 130 Å². The third-order valence-electron chi connectivity index (χ3n) is 2.49. The van der Waals surface area contributed by atoms with Crippen molar-refractivity contribution in [2.75, 3.05) is 26.5 Å². The minimum atomic E-state index is -1.04. The fraction of sp³-hybridized carbons (Fsp3) is 0.462. The van der Waals surface area contributed by atoms with E-state index in [2.05, 4.69) is 22.6 Å². The lowest BCUT2D eigenvalue weighted by Crippen LogP contribution is -2.32. The van der Waals surface area contributed by atoms with E-state index in [1.54, 1.807) is 12.1 Å². The molecule has 1 aromatic carbocycles. The van der Waals surface area contributed by atoms with Crippen molar-refractivity contribution in [2.24, 2.45) is 5.73 Å². The maximum absolute atomic E-state index is 11.8. The average Bonchev–Trinajstić information content (AvgIpc) is 2.41. The van der Waals surface area contributed by atoms with Crippen molar-refractivity contribution in [3.05, 3.63) is 27.3 Å². The summed E-state index contributed by atoms with van der Waals surface area (Å²) in [6, 6.07) is 4.45. The van der Waals surface area contributed by atoms with Crippen LogP contribution < -0.4 is 10.5 Å². The molecule has 0 heterocycles. The number of benzene rings is 1. The average molecular weight is 397 g/mol. The molecule has 1 atom stereocenters. The van der Waals surface area contributed by atoms with Crippen LogP contribution in [0.25, 0.3) is 0 Å². The first-order valence-corrected chi connectivity index (χ1v) is 7.15. The molecule has 7 heteroatoms. The van der Waals surface area contributed by atoms with Crippen molar-refractivity contribution in [1.29, 1.82) is 0 Å². The standard InChI is InChI=1S/C13H17FINO4/c14-3-4-19-5-6-20-10-1-2-11(15)9(7-10)8-12(16)13(17)18/h1-2,7,12H,3-6,8,16H2,(H,17,18). The van der Waals surface area contributed by atoms with Crippen LogP contribution in [-0.4, -0.2) is 43.6 Å². The first kappa shape index (κ1) is 17.1. The van der Waals surface area contributed by atoms with Gasteiger partial charge < -0.3 is 20.3 Å². The number of rotatable bonds is 9. The Morgan fingerprint density at radius 1 is 1.40 bits per heavy atom. The van der Waals surface area contributed by atoms with Gasteiger partial charge in [0.15, 0.2) is 0 Å².